The Morgan fingerprint density at radius 3 is 2.40 bits per heavy atom. The number of ether oxygens (including phenoxy) is 1. The summed E-state index contributed by atoms with van der Waals surface area (Å²) in [6.07, 6.45) is 4.50. The van der Waals surface area contributed by atoms with Gasteiger partial charge in [0.2, 0.25) is 0 Å². The van der Waals surface area contributed by atoms with Gasteiger partial charge in [0.25, 0.3) is 0 Å². The first-order valence-corrected chi connectivity index (χ1v) is 4.26. The van der Waals surface area contributed by atoms with Gasteiger partial charge in [0.05, 0.1) is 0 Å². The van der Waals surface area contributed by atoms with Crippen LogP contribution in [0.4, 0.5) is 0 Å². The molecule has 0 aliphatic rings. The molecule has 0 aliphatic carbocycles. The first-order valence-electron chi connectivity index (χ1n) is 4.26. The quantitative estimate of drug-likeness (QED) is 0.680. The van der Waals surface area contributed by atoms with E-state index in [0.29, 0.717) is 0 Å². The smallest absolute Gasteiger partial charge is 0.364 e. The van der Waals surface area contributed by atoms with E-state index in [-0.39, 0.29) is 11.7 Å². The second-order valence-corrected chi connectivity index (χ2v) is 2.64. The van der Waals surface area contributed by atoms with Gasteiger partial charge >= 0.3 is 12.0 Å². The molecule has 0 saturated heterocycles. The average Bonchev–Trinajstić information content (AvgIpc) is 2.31. The van der Waals surface area contributed by atoms with Crippen LogP contribution in [0.3, 0.4) is 0 Å². The van der Waals surface area contributed by atoms with Crippen LogP contribution < -0.4 is 4.74 Å². The van der Waals surface area contributed by atoms with Crippen LogP contribution in [0, 0.1) is 0 Å². The van der Waals surface area contributed by atoms with Gasteiger partial charge in [0, 0.05) is 18.6 Å². The summed E-state index contributed by atoms with van der Waals surface area (Å²) in [4.78, 5) is 22.8. The van der Waals surface area contributed by atoms with Gasteiger partial charge in [0.1, 0.15) is 5.69 Å². The van der Waals surface area contributed by atoms with E-state index in [9.17, 15) is 4.79 Å². The molecule has 2 rings (SSSR count). The molecule has 2 aromatic rings. The van der Waals surface area contributed by atoms with E-state index in [1.165, 1.54) is 18.6 Å². The molecule has 5 heteroatoms. The summed E-state index contributed by atoms with van der Waals surface area (Å²) in [6.45, 7) is 0. The maximum Gasteiger partial charge on any atom is 0.364 e. The molecule has 0 aliphatic heterocycles. The lowest BCUT2D eigenvalue weighted by Crippen LogP contribution is -2.11. The Morgan fingerprint density at radius 1 is 1.00 bits per heavy atom. The summed E-state index contributed by atoms with van der Waals surface area (Å²) >= 11 is 0. The second-order valence-electron chi connectivity index (χ2n) is 2.64. The minimum absolute atomic E-state index is 0.0214. The van der Waals surface area contributed by atoms with E-state index in [0.717, 1.165) is 0 Å². The van der Waals surface area contributed by atoms with E-state index in [2.05, 4.69) is 15.0 Å². The molecule has 0 spiro atoms. The molecule has 5 nitrogen and oxygen atoms in total. The highest BCUT2D eigenvalue weighted by Crippen LogP contribution is 2.02. The number of nitrogens with zero attached hydrogens (tertiary/aromatic N) is 3. The third-order valence-corrected chi connectivity index (χ3v) is 1.60. The monoisotopic (exact) mass is 201 g/mol. The molecule has 0 amide bonds. The zero-order valence-corrected chi connectivity index (χ0v) is 7.70. The van der Waals surface area contributed by atoms with Gasteiger partial charge in [-0.1, -0.05) is 6.07 Å². The summed E-state index contributed by atoms with van der Waals surface area (Å²) in [6, 6.07) is 6.64. The third-order valence-electron chi connectivity index (χ3n) is 1.60. The highest BCUT2D eigenvalue weighted by Gasteiger charge is 2.09. The van der Waals surface area contributed by atoms with Crippen LogP contribution in [0.5, 0.6) is 6.01 Å². The van der Waals surface area contributed by atoms with Crippen LogP contribution in [0.2, 0.25) is 0 Å². The lowest BCUT2D eigenvalue weighted by Gasteiger charge is -1.99. The number of rotatable bonds is 2. The molecule has 74 valence electrons. The van der Waals surface area contributed by atoms with Gasteiger partial charge < -0.3 is 4.74 Å². The van der Waals surface area contributed by atoms with Crippen molar-refractivity contribution in [3.05, 3.63) is 48.5 Å². The molecule has 2 aromatic heterocycles. The molecule has 15 heavy (non-hydrogen) atoms. The molecule has 0 saturated carbocycles. The lowest BCUT2D eigenvalue weighted by molar-refractivity contribution is 0.0713. The van der Waals surface area contributed by atoms with Crippen molar-refractivity contribution in [1.29, 1.82) is 0 Å². The van der Waals surface area contributed by atoms with Crippen LogP contribution in [0.15, 0.2) is 42.9 Å². The van der Waals surface area contributed by atoms with E-state index in [1.54, 1.807) is 24.3 Å². The van der Waals surface area contributed by atoms with Crippen molar-refractivity contribution in [2.45, 2.75) is 0 Å². The molecule has 0 radical (unpaired) electrons. The molecule has 0 atom stereocenters. The number of hydrogen-bond donors (Lipinski definition) is 0. The molecule has 0 fully saturated rings. The van der Waals surface area contributed by atoms with Gasteiger partial charge in [-0.3, -0.25) is 0 Å². The molecular formula is C10H7N3O2. The van der Waals surface area contributed by atoms with Gasteiger partial charge in [-0.15, -0.1) is 0 Å². The van der Waals surface area contributed by atoms with Gasteiger partial charge in [-0.2, -0.15) is 0 Å². The minimum atomic E-state index is -0.568. The van der Waals surface area contributed by atoms with Crippen molar-refractivity contribution < 1.29 is 9.53 Å². The topological polar surface area (TPSA) is 65.0 Å². The molecule has 0 aromatic carbocycles. The summed E-state index contributed by atoms with van der Waals surface area (Å²) in [5.41, 5.74) is 0.227. The fraction of sp³-hybridized carbons (Fsp3) is 0. The van der Waals surface area contributed by atoms with Crippen molar-refractivity contribution in [3.8, 4) is 6.01 Å². The minimum Gasteiger partial charge on any atom is -0.386 e. The van der Waals surface area contributed by atoms with Crippen molar-refractivity contribution in [1.82, 2.24) is 15.0 Å². The largest absolute Gasteiger partial charge is 0.386 e. The predicted molar refractivity (Wildman–Crippen MR) is 51.2 cm³/mol. The number of carbonyl (C=O) groups is 1. The van der Waals surface area contributed by atoms with Crippen LogP contribution >= 0.6 is 0 Å². The Morgan fingerprint density at radius 2 is 1.73 bits per heavy atom. The molecule has 0 unspecified atom stereocenters. The fourth-order valence-corrected chi connectivity index (χ4v) is 0.957. The maximum absolute atomic E-state index is 11.4. The first-order chi connectivity index (χ1) is 7.36. The Kier molecular flexibility index (Phi) is 2.64. The van der Waals surface area contributed by atoms with E-state index in [4.69, 9.17) is 4.74 Å². The number of pyridine rings is 1. The Bertz CT molecular complexity index is 445. The van der Waals surface area contributed by atoms with Crippen LogP contribution in [0.1, 0.15) is 10.5 Å². The maximum atomic E-state index is 11.4. The van der Waals surface area contributed by atoms with Crippen molar-refractivity contribution >= 4 is 5.97 Å². The molecular weight excluding hydrogens is 194 g/mol. The number of esters is 1. The Hall–Kier alpha value is -2.30. The number of aromatic nitrogens is 3. The van der Waals surface area contributed by atoms with Crippen molar-refractivity contribution in [2.24, 2.45) is 0 Å². The lowest BCUT2D eigenvalue weighted by atomic mass is 10.4. The molecule has 2 heterocycles. The molecule has 0 bridgehead atoms. The first kappa shape index (κ1) is 9.26. The Balaban J connectivity index is 2.12. The predicted octanol–water partition coefficient (Wildman–Crippen LogP) is 1.09. The standard InChI is InChI=1S/C10H7N3O2/c14-9(8-4-1-2-5-11-8)15-10-12-6-3-7-13-10/h1-7H. The third kappa shape index (κ3) is 2.34. The average molecular weight is 201 g/mol. The van der Waals surface area contributed by atoms with Gasteiger partial charge in [-0.05, 0) is 18.2 Å². The van der Waals surface area contributed by atoms with E-state index < -0.39 is 5.97 Å². The molecule has 0 N–H and O–H groups in total. The normalized spacial score (nSPS) is 9.60. The second kappa shape index (κ2) is 4.28. The summed E-state index contributed by atoms with van der Waals surface area (Å²) in [5, 5.41) is 0. The number of carbonyl (C=O) groups excluding carboxylic acids is 1. The van der Waals surface area contributed by atoms with Crippen molar-refractivity contribution in [3.63, 3.8) is 0 Å². The zero-order valence-electron chi connectivity index (χ0n) is 7.70. The van der Waals surface area contributed by atoms with E-state index >= 15 is 0 Å². The zero-order chi connectivity index (χ0) is 10.5. The highest BCUT2D eigenvalue weighted by molar-refractivity contribution is 5.88. The fourth-order valence-electron chi connectivity index (χ4n) is 0.957. The van der Waals surface area contributed by atoms with Crippen molar-refractivity contribution in [2.75, 3.05) is 0 Å². The van der Waals surface area contributed by atoms with Crippen LogP contribution in [0.25, 0.3) is 0 Å². The summed E-state index contributed by atoms with van der Waals surface area (Å²) in [7, 11) is 0. The SMILES string of the molecule is O=C(Oc1ncccn1)c1ccccn1. The summed E-state index contributed by atoms with van der Waals surface area (Å²) < 4.78 is 4.88. The van der Waals surface area contributed by atoms with Crippen LogP contribution in [-0.2, 0) is 0 Å². The Labute approximate surface area is 85.8 Å². The summed E-state index contributed by atoms with van der Waals surface area (Å²) in [5.74, 6) is -0.568. The van der Waals surface area contributed by atoms with Gasteiger partial charge in [-0.25, -0.2) is 19.7 Å². The van der Waals surface area contributed by atoms with E-state index in [1.807, 2.05) is 0 Å². The van der Waals surface area contributed by atoms with Crippen LogP contribution in [-0.4, -0.2) is 20.9 Å². The highest BCUT2D eigenvalue weighted by atomic mass is 16.5. The van der Waals surface area contributed by atoms with Gasteiger partial charge in [0.15, 0.2) is 0 Å². The number of hydrogen-bond acceptors (Lipinski definition) is 5.